The summed E-state index contributed by atoms with van der Waals surface area (Å²) in [6, 6.07) is 3.64. The fraction of sp³-hybridized carbons (Fsp3) is 0.500. The molecule has 1 saturated carbocycles. The Bertz CT molecular complexity index is 626. The van der Waals surface area contributed by atoms with Crippen LogP contribution in [0.4, 0.5) is 13.2 Å². The standard InChI is InChI=1S/C12H13F3N2O2S.ClH/c13-12(14,15)7-2-1-3-8(4-7)20(18,19)17-11-9-5-16-6-10(9)11;/h1-4,9-11,16-17H,5-6H2;1H. The topological polar surface area (TPSA) is 58.2 Å². The van der Waals surface area contributed by atoms with E-state index in [0.29, 0.717) is 6.07 Å². The van der Waals surface area contributed by atoms with Gasteiger partial charge in [0, 0.05) is 6.04 Å². The van der Waals surface area contributed by atoms with E-state index in [1.807, 2.05) is 0 Å². The molecule has 1 heterocycles. The first-order valence-corrected chi connectivity index (χ1v) is 7.68. The summed E-state index contributed by atoms with van der Waals surface area (Å²) in [6.07, 6.45) is -4.55. The SMILES string of the molecule is Cl.O=S(=O)(NC1C2CNCC21)c1cccc(C(F)(F)F)c1. The van der Waals surface area contributed by atoms with Crippen molar-refractivity contribution in [3.05, 3.63) is 29.8 Å². The van der Waals surface area contributed by atoms with E-state index in [-0.39, 0.29) is 35.2 Å². The molecule has 2 N–H and O–H groups in total. The number of alkyl halides is 3. The Morgan fingerprint density at radius 2 is 1.81 bits per heavy atom. The van der Waals surface area contributed by atoms with Crippen LogP contribution in [-0.2, 0) is 16.2 Å². The molecule has 21 heavy (non-hydrogen) atoms. The van der Waals surface area contributed by atoms with Crippen molar-refractivity contribution < 1.29 is 21.6 Å². The lowest BCUT2D eigenvalue weighted by molar-refractivity contribution is -0.137. The molecule has 3 rings (SSSR count). The van der Waals surface area contributed by atoms with Gasteiger partial charge in [0.2, 0.25) is 10.0 Å². The molecule has 2 unspecified atom stereocenters. The molecule has 0 aromatic heterocycles. The summed E-state index contributed by atoms with van der Waals surface area (Å²) in [5.74, 6) is 0.520. The summed E-state index contributed by atoms with van der Waals surface area (Å²) in [7, 11) is -3.90. The number of benzene rings is 1. The Morgan fingerprint density at radius 1 is 1.19 bits per heavy atom. The monoisotopic (exact) mass is 342 g/mol. The molecule has 0 spiro atoms. The molecule has 1 aliphatic carbocycles. The maximum Gasteiger partial charge on any atom is 0.416 e. The summed E-state index contributed by atoms with van der Waals surface area (Å²) in [5.41, 5.74) is -0.960. The van der Waals surface area contributed by atoms with Crippen LogP contribution in [0.25, 0.3) is 0 Å². The minimum atomic E-state index is -4.55. The molecule has 1 aromatic carbocycles. The maximum absolute atomic E-state index is 12.6. The summed E-state index contributed by atoms with van der Waals surface area (Å²) >= 11 is 0. The van der Waals surface area contributed by atoms with Crippen molar-refractivity contribution in [2.24, 2.45) is 11.8 Å². The van der Waals surface area contributed by atoms with Crippen molar-refractivity contribution in [3.8, 4) is 0 Å². The van der Waals surface area contributed by atoms with Crippen molar-refractivity contribution in [2.45, 2.75) is 17.1 Å². The van der Waals surface area contributed by atoms with Crippen LogP contribution in [-0.4, -0.2) is 27.5 Å². The van der Waals surface area contributed by atoms with Gasteiger partial charge in [-0.25, -0.2) is 13.1 Å². The van der Waals surface area contributed by atoms with Crippen molar-refractivity contribution in [1.29, 1.82) is 0 Å². The number of nitrogens with one attached hydrogen (secondary N) is 2. The zero-order valence-electron chi connectivity index (χ0n) is 10.7. The van der Waals surface area contributed by atoms with Gasteiger partial charge in [0.15, 0.2) is 0 Å². The summed E-state index contributed by atoms with van der Waals surface area (Å²) < 4.78 is 64.5. The van der Waals surface area contributed by atoms with Gasteiger partial charge in [-0.05, 0) is 43.1 Å². The Morgan fingerprint density at radius 3 is 2.38 bits per heavy atom. The van der Waals surface area contributed by atoms with Gasteiger partial charge in [0.25, 0.3) is 0 Å². The first-order valence-electron chi connectivity index (χ1n) is 6.19. The lowest BCUT2D eigenvalue weighted by atomic mass is 10.2. The van der Waals surface area contributed by atoms with E-state index in [4.69, 9.17) is 0 Å². The molecule has 2 fully saturated rings. The van der Waals surface area contributed by atoms with Gasteiger partial charge >= 0.3 is 6.18 Å². The van der Waals surface area contributed by atoms with Crippen LogP contribution in [0.2, 0.25) is 0 Å². The lowest BCUT2D eigenvalue weighted by Crippen LogP contribution is -2.32. The molecular weight excluding hydrogens is 329 g/mol. The third-order valence-corrected chi connectivity index (χ3v) is 5.31. The fourth-order valence-corrected chi connectivity index (χ4v) is 4.06. The van der Waals surface area contributed by atoms with Gasteiger partial charge in [-0.2, -0.15) is 13.2 Å². The predicted octanol–water partition coefficient (Wildman–Crippen LogP) is 1.62. The second-order valence-electron chi connectivity index (χ2n) is 5.16. The zero-order valence-corrected chi connectivity index (χ0v) is 12.4. The van der Waals surface area contributed by atoms with Crippen LogP contribution in [0.5, 0.6) is 0 Å². The molecule has 2 aliphatic rings. The van der Waals surface area contributed by atoms with Crippen LogP contribution in [0.3, 0.4) is 0 Å². The first-order chi connectivity index (χ1) is 9.29. The molecule has 0 radical (unpaired) electrons. The van der Waals surface area contributed by atoms with Crippen molar-refractivity contribution in [1.82, 2.24) is 10.0 Å². The van der Waals surface area contributed by atoms with E-state index in [1.165, 1.54) is 6.07 Å². The summed E-state index contributed by atoms with van der Waals surface area (Å²) in [6.45, 7) is 1.50. The van der Waals surface area contributed by atoms with E-state index >= 15 is 0 Å². The van der Waals surface area contributed by atoms with Gasteiger partial charge in [-0.3, -0.25) is 0 Å². The quantitative estimate of drug-likeness (QED) is 0.877. The third kappa shape index (κ3) is 3.18. The highest BCUT2D eigenvalue weighted by molar-refractivity contribution is 7.89. The van der Waals surface area contributed by atoms with Crippen LogP contribution < -0.4 is 10.0 Å². The molecule has 9 heteroatoms. The second-order valence-corrected chi connectivity index (χ2v) is 6.87. The molecule has 1 aliphatic heterocycles. The molecule has 4 nitrogen and oxygen atoms in total. The number of halogens is 4. The Labute approximate surface area is 126 Å². The minimum Gasteiger partial charge on any atom is -0.316 e. The van der Waals surface area contributed by atoms with E-state index in [2.05, 4.69) is 10.0 Å². The molecule has 118 valence electrons. The number of rotatable bonds is 3. The highest BCUT2D eigenvalue weighted by Gasteiger charge is 2.54. The number of fused-ring (bicyclic) bond motifs is 1. The van der Waals surface area contributed by atoms with E-state index in [9.17, 15) is 21.6 Å². The highest BCUT2D eigenvalue weighted by atomic mass is 35.5. The molecule has 1 aromatic rings. The van der Waals surface area contributed by atoms with Gasteiger partial charge in [0.1, 0.15) is 0 Å². The molecule has 1 saturated heterocycles. The first kappa shape index (κ1) is 16.5. The Balaban J connectivity index is 0.00000161. The number of hydrogen-bond donors (Lipinski definition) is 2. The maximum atomic E-state index is 12.6. The second kappa shape index (κ2) is 5.42. The van der Waals surface area contributed by atoms with Crippen molar-refractivity contribution >= 4 is 22.4 Å². The number of hydrogen-bond acceptors (Lipinski definition) is 3. The highest BCUT2D eigenvalue weighted by Crippen LogP contribution is 2.42. The summed E-state index contributed by atoms with van der Waals surface area (Å²) in [5, 5.41) is 3.12. The third-order valence-electron chi connectivity index (χ3n) is 3.85. The van der Waals surface area contributed by atoms with Crippen molar-refractivity contribution in [2.75, 3.05) is 13.1 Å². The predicted molar refractivity (Wildman–Crippen MR) is 72.7 cm³/mol. The smallest absolute Gasteiger partial charge is 0.316 e. The lowest BCUT2D eigenvalue weighted by Gasteiger charge is -2.11. The molecule has 0 bridgehead atoms. The fourth-order valence-electron chi connectivity index (χ4n) is 2.68. The van der Waals surface area contributed by atoms with Gasteiger partial charge in [-0.1, -0.05) is 6.07 Å². The minimum absolute atomic E-state index is 0. The van der Waals surface area contributed by atoms with Gasteiger partial charge < -0.3 is 5.32 Å². The van der Waals surface area contributed by atoms with E-state index in [1.54, 1.807) is 0 Å². The van der Waals surface area contributed by atoms with Gasteiger partial charge in [-0.15, -0.1) is 12.4 Å². The molecular formula is C12H14ClF3N2O2S. The Kier molecular flexibility index (Phi) is 4.27. The van der Waals surface area contributed by atoms with Gasteiger partial charge in [0.05, 0.1) is 10.5 Å². The largest absolute Gasteiger partial charge is 0.416 e. The van der Waals surface area contributed by atoms with E-state index < -0.39 is 21.8 Å². The Hall–Kier alpha value is -0.830. The average molecular weight is 343 g/mol. The van der Waals surface area contributed by atoms with Crippen LogP contribution in [0.1, 0.15) is 5.56 Å². The van der Waals surface area contributed by atoms with Crippen molar-refractivity contribution in [3.63, 3.8) is 0 Å². The van der Waals surface area contributed by atoms with E-state index in [0.717, 1.165) is 25.2 Å². The van der Waals surface area contributed by atoms with Crippen LogP contribution in [0.15, 0.2) is 29.2 Å². The number of sulfonamides is 1. The zero-order chi connectivity index (χ0) is 14.5. The van der Waals surface area contributed by atoms with Crippen LogP contribution in [0, 0.1) is 11.8 Å². The average Bonchev–Trinajstić information content (AvgIpc) is 2.82. The normalized spacial score (nSPS) is 27.9. The summed E-state index contributed by atoms with van der Waals surface area (Å²) in [4.78, 5) is -0.342. The molecule has 0 amide bonds. The molecule has 2 atom stereocenters. The number of piperidine rings is 1. The van der Waals surface area contributed by atoms with Crippen LogP contribution >= 0.6 is 12.4 Å².